The number of H-pyrrole nitrogens is 1. The molecule has 0 fully saturated rings. The smallest absolute Gasteiger partial charge is 0.255 e. The monoisotopic (exact) mass is 359 g/mol. The molecule has 7 nitrogen and oxygen atoms in total. The first-order chi connectivity index (χ1) is 13.2. The third-order valence-electron chi connectivity index (χ3n) is 4.76. The Bertz CT molecular complexity index is 1000. The molecule has 0 aliphatic carbocycles. The summed E-state index contributed by atoms with van der Waals surface area (Å²) in [6, 6.07) is 13.0. The lowest BCUT2D eigenvalue weighted by atomic mass is 9.90. The number of nitriles is 1. The Labute approximate surface area is 156 Å². The number of hydrogen-bond acceptors (Lipinski definition) is 5. The maximum absolute atomic E-state index is 13.0. The SMILES string of the molecule is COc1ccc(C2CN(C(=O)c3ccc(C#N)nc3)Cc3[nH]cnc32)cc1. The van der Waals surface area contributed by atoms with Crippen molar-refractivity contribution in [3.8, 4) is 11.8 Å². The van der Waals surface area contributed by atoms with Gasteiger partial charge in [0.25, 0.3) is 5.91 Å². The molecule has 7 heteroatoms. The van der Waals surface area contributed by atoms with Crippen LogP contribution in [0.3, 0.4) is 0 Å². The molecule has 1 aliphatic heterocycles. The van der Waals surface area contributed by atoms with Crippen LogP contribution >= 0.6 is 0 Å². The van der Waals surface area contributed by atoms with Crippen LogP contribution in [0.15, 0.2) is 48.9 Å². The van der Waals surface area contributed by atoms with Crippen LogP contribution < -0.4 is 4.74 Å². The Balaban J connectivity index is 1.64. The number of imidazole rings is 1. The fraction of sp³-hybridized carbons (Fsp3) is 0.200. The van der Waals surface area contributed by atoms with E-state index in [-0.39, 0.29) is 17.5 Å². The zero-order valence-electron chi connectivity index (χ0n) is 14.7. The van der Waals surface area contributed by atoms with Crippen molar-refractivity contribution in [2.45, 2.75) is 12.5 Å². The molecule has 1 aromatic carbocycles. The summed E-state index contributed by atoms with van der Waals surface area (Å²) in [6.07, 6.45) is 3.12. The van der Waals surface area contributed by atoms with Gasteiger partial charge in [-0.05, 0) is 29.8 Å². The van der Waals surface area contributed by atoms with Crippen molar-refractivity contribution in [3.05, 3.63) is 77.1 Å². The molecule has 1 aliphatic rings. The van der Waals surface area contributed by atoms with Gasteiger partial charge in [-0.25, -0.2) is 9.97 Å². The molecule has 1 amide bonds. The zero-order valence-corrected chi connectivity index (χ0v) is 14.7. The van der Waals surface area contributed by atoms with Gasteiger partial charge >= 0.3 is 0 Å². The van der Waals surface area contributed by atoms with E-state index in [2.05, 4.69) is 15.0 Å². The number of fused-ring (bicyclic) bond motifs is 1. The molecule has 134 valence electrons. The summed E-state index contributed by atoms with van der Waals surface area (Å²) in [7, 11) is 1.63. The number of amides is 1. The number of methoxy groups -OCH3 is 1. The second-order valence-corrected chi connectivity index (χ2v) is 6.32. The predicted molar refractivity (Wildman–Crippen MR) is 97.1 cm³/mol. The van der Waals surface area contributed by atoms with Crippen LogP contribution in [0.1, 0.15) is 38.9 Å². The average molecular weight is 359 g/mol. The minimum atomic E-state index is -0.120. The van der Waals surface area contributed by atoms with Gasteiger partial charge in [0.1, 0.15) is 17.5 Å². The van der Waals surface area contributed by atoms with E-state index in [4.69, 9.17) is 10.00 Å². The molecule has 27 heavy (non-hydrogen) atoms. The molecule has 0 bridgehead atoms. The standard InChI is InChI=1S/C20H17N5O2/c1-27-16-6-3-13(4-7-16)17-10-25(11-18-19(17)24-12-23-18)20(26)14-2-5-15(8-21)22-9-14/h2-7,9,12,17H,10-11H2,1H3,(H,23,24). The number of rotatable bonds is 3. The number of nitrogens with one attached hydrogen (secondary N) is 1. The summed E-state index contributed by atoms with van der Waals surface area (Å²) >= 11 is 0. The summed E-state index contributed by atoms with van der Waals surface area (Å²) in [4.78, 5) is 26.4. The van der Waals surface area contributed by atoms with Crippen LogP contribution in [-0.2, 0) is 6.54 Å². The summed E-state index contributed by atoms with van der Waals surface area (Å²) in [5.41, 5.74) is 3.71. The van der Waals surface area contributed by atoms with E-state index in [1.165, 1.54) is 6.20 Å². The van der Waals surface area contributed by atoms with Crippen molar-refractivity contribution in [3.63, 3.8) is 0 Å². The van der Waals surface area contributed by atoms with Crippen molar-refractivity contribution in [2.24, 2.45) is 0 Å². The van der Waals surface area contributed by atoms with Gasteiger partial charge in [-0.15, -0.1) is 0 Å². The number of nitrogens with zero attached hydrogens (tertiary/aromatic N) is 4. The van der Waals surface area contributed by atoms with E-state index in [1.807, 2.05) is 30.3 Å². The topological polar surface area (TPSA) is 94.9 Å². The van der Waals surface area contributed by atoms with E-state index in [0.29, 0.717) is 18.7 Å². The number of aromatic nitrogens is 3. The van der Waals surface area contributed by atoms with Gasteiger partial charge in [-0.1, -0.05) is 12.1 Å². The third kappa shape index (κ3) is 3.13. The van der Waals surface area contributed by atoms with Crippen LogP contribution in [-0.4, -0.2) is 39.4 Å². The average Bonchev–Trinajstić information content (AvgIpc) is 3.21. The van der Waals surface area contributed by atoms with E-state index in [9.17, 15) is 4.79 Å². The third-order valence-corrected chi connectivity index (χ3v) is 4.76. The van der Waals surface area contributed by atoms with Crippen LogP contribution in [0.2, 0.25) is 0 Å². The lowest BCUT2D eigenvalue weighted by Gasteiger charge is -2.32. The lowest BCUT2D eigenvalue weighted by molar-refractivity contribution is 0.0721. The second kappa shape index (κ2) is 6.92. The van der Waals surface area contributed by atoms with Gasteiger partial charge in [0.2, 0.25) is 0 Å². The highest BCUT2D eigenvalue weighted by Gasteiger charge is 2.31. The fourth-order valence-electron chi connectivity index (χ4n) is 3.34. The zero-order chi connectivity index (χ0) is 18.8. The number of aromatic amines is 1. The number of ether oxygens (including phenoxy) is 1. The van der Waals surface area contributed by atoms with Gasteiger partial charge < -0.3 is 14.6 Å². The van der Waals surface area contributed by atoms with Crippen molar-refractivity contribution in [1.82, 2.24) is 19.9 Å². The van der Waals surface area contributed by atoms with E-state index in [1.54, 1.807) is 30.5 Å². The normalized spacial score (nSPS) is 15.7. The largest absolute Gasteiger partial charge is 0.497 e. The number of hydrogen-bond donors (Lipinski definition) is 1. The Morgan fingerprint density at radius 3 is 2.74 bits per heavy atom. The first kappa shape index (κ1) is 16.8. The van der Waals surface area contributed by atoms with Gasteiger partial charge in [0.05, 0.1) is 36.9 Å². The summed E-state index contributed by atoms with van der Waals surface area (Å²) in [5, 5.41) is 8.87. The summed E-state index contributed by atoms with van der Waals surface area (Å²) in [5.74, 6) is 0.639. The van der Waals surface area contributed by atoms with Gasteiger partial charge in [0, 0.05) is 18.7 Å². The number of benzene rings is 1. The van der Waals surface area contributed by atoms with Gasteiger partial charge in [-0.3, -0.25) is 4.79 Å². The summed E-state index contributed by atoms with van der Waals surface area (Å²) in [6.45, 7) is 0.976. The van der Waals surface area contributed by atoms with Gasteiger partial charge in [-0.2, -0.15) is 5.26 Å². The van der Waals surface area contributed by atoms with Crippen LogP contribution in [0.4, 0.5) is 0 Å². The molecule has 1 atom stereocenters. The molecule has 1 N–H and O–H groups in total. The number of carbonyl (C=O) groups is 1. The molecular formula is C20H17N5O2. The summed E-state index contributed by atoms with van der Waals surface area (Å²) < 4.78 is 5.23. The highest BCUT2D eigenvalue weighted by Crippen LogP contribution is 2.32. The van der Waals surface area contributed by atoms with Crippen molar-refractivity contribution < 1.29 is 9.53 Å². The van der Waals surface area contributed by atoms with Crippen LogP contribution in [0.5, 0.6) is 5.75 Å². The predicted octanol–water partition coefficient (Wildman–Crippen LogP) is 2.47. The van der Waals surface area contributed by atoms with Gasteiger partial charge in [0.15, 0.2) is 0 Å². The van der Waals surface area contributed by atoms with Crippen molar-refractivity contribution in [2.75, 3.05) is 13.7 Å². The van der Waals surface area contributed by atoms with E-state index < -0.39 is 0 Å². The molecule has 0 radical (unpaired) electrons. The minimum Gasteiger partial charge on any atom is -0.497 e. The Hall–Kier alpha value is -3.66. The quantitative estimate of drug-likeness (QED) is 0.775. The Morgan fingerprint density at radius 2 is 2.07 bits per heavy atom. The fourth-order valence-corrected chi connectivity index (χ4v) is 3.34. The van der Waals surface area contributed by atoms with Crippen LogP contribution in [0, 0.1) is 11.3 Å². The van der Waals surface area contributed by atoms with E-state index >= 15 is 0 Å². The second-order valence-electron chi connectivity index (χ2n) is 6.32. The van der Waals surface area contributed by atoms with Crippen molar-refractivity contribution >= 4 is 5.91 Å². The first-order valence-electron chi connectivity index (χ1n) is 8.51. The van der Waals surface area contributed by atoms with Crippen LogP contribution in [0.25, 0.3) is 0 Å². The maximum atomic E-state index is 13.0. The molecular weight excluding hydrogens is 342 g/mol. The minimum absolute atomic E-state index is 0.0267. The Morgan fingerprint density at radius 1 is 1.26 bits per heavy atom. The van der Waals surface area contributed by atoms with Crippen molar-refractivity contribution in [1.29, 1.82) is 5.26 Å². The first-order valence-corrected chi connectivity index (χ1v) is 8.51. The molecule has 0 spiro atoms. The van der Waals surface area contributed by atoms with E-state index in [0.717, 1.165) is 22.7 Å². The highest BCUT2D eigenvalue weighted by atomic mass is 16.5. The highest BCUT2D eigenvalue weighted by molar-refractivity contribution is 5.94. The molecule has 3 aromatic rings. The molecule has 2 aromatic heterocycles. The molecule has 3 heterocycles. The molecule has 1 unspecified atom stereocenters. The molecule has 0 saturated carbocycles. The maximum Gasteiger partial charge on any atom is 0.255 e. The number of pyridine rings is 1. The molecule has 4 rings (SSSR count). The Kier molecular flexibility index (Phi) is 4.30. The lowest BCUT2D eigenvalue weighted by Crippen LogP contribution is -2.38. The molecule has 0 saturated heterocycles. The number of carbonyl (C=O) groups excluding carboxylic acids is 1.